The molecule has 13 heteroatoms. The molecule has 0 aromatic heterocycles. The number of aliphatic carboxylic acids is 1. The number of carbonyl (C=O) groups is 5. The van der Waals surface area contributed by atoms with Gasteiger partial charge in [-0.25, -0.2) is 19.3 Å². The molecular formula is C20H23N5O7S. The molecule has 1 unspecified atom stereocenters. The minimum Gasteiger partial charge on any atom is -0.480 e. The van der Waals surface area contributed by atoms with Gasteiger partial charge in [-0.05, 0) is 13.8 Å². The Hall–Kier alpha value is -3.32. The zero-order chi connectivity index (χ0) is 24.1. The first-order valence-electron chi connectivity index (χ1n) is 10.2. The molecule has 0 aliphatic carbocycles. The van der Waals surface area contributed by atoms with Crippen LogP contribution in [0.25, 0.3) is 0 Å². The van der Waals surface area contributed by atoms with Gasteiger partial charge in [0.05, 0.1) is 0 Å². The molecule has 3 heterocycles. The summed E-state index contributed by atoms with van der Waals surface area (Å²) in [6.07, 6.45) is 0. The van der Waals surface area contributed by atoms with E-state index in [1.807, 2.05) is 0 Å². The van der Waals surface area contributed by atoms with Crippen molar-refractivity contribution in [2.24, 2.45) is 0 Å². The highest BCUT2D eigenvalue weighted by Crippen LogP contribution is 2.50. The van der Waals surface area contributed by atoms with Crippen LogP contribution in [-0.2, 0) is 20.1 Å². The highest BCUT2D eigenvalue weighted by atomic mass is 32.2. The molecular weight excluding hydrogens is 454 g/mol. The largest absolute Gasteiger partial charge is 0.480 e. The number of urea groups is 2. The van der Waals surface area contributed by atoms with Gasteiger partial charge in [0.2, 0.25) is 11.6 Å². The van der Waals surface area contributed by atoms with Crippen LogP contribution in [-0.4, -0.2) is 85.2 Å². The van der Waals surface area contributed by atoms with Gasteiger partial charge in [0.25, 0.3) is 5.91 Å². The second kappa shape index (κ2) is 7.92. The first-order valence-corrected chi connectivity index (χ1v) is 11.0. The number of amides is 6. The molecule has 0 saturated carbocycles. The van der Waals surface area contributed by atoms with E-state index >= 15 is 0 Å². The standard InChI is InChI=1S/C20H23N5O7S/c1-19(2)12(15(27)28)25-13(26)11(14(25)33-19)22-16(29)20(32,10-6-4-3-5-7-10)23-18(31)24-9-8-21-17(24)30/h3-7,11-12,14,32H,8-9H2,1-2H3,(H,21,30)(H,22,29)(H,23,31)(H,27,28)/t11-,12+,14-,20?/m1/s1. The fourth-order valence-electron chi connectivity index (χ4n) is 4.22. The third-order valence-electron chi connectivity index (χ3n) is 5.87. The van der Waals surface area contributed by atoms with Crippen molar-refractivity contribution in [2.75, 3.05) is 13.1 Å². The Morgan fingerprint density at radius 3 is 2.45 bits per heavy atom. The lowest BCUT2D eigenvalue weighted by Gasteiger charge is -2.44. The summed E-state index contributed by atoms with van der Waals surface area (Å²) in [5, 5.41) is 27.3. The molecule has 4 atom stereocenters. The van der Waals surface area contributed by atoms with E-state index in [1.165, 1.54) is 28.8 Å². The smallest absolute Gasteiger partial charge is 0.328 e. The molecule has 176 valence electrons. The number of aliphatic hydroxyl groups is 1. The number of imide groups is 1. The van der Waals surface area contributed by atoms with Gasteiger partial charge in [-0.1, -0.05) is 30.3 Å². The maximum atomic E-state index is 13.2. The number of benzene rings is 1. The van der Waals surface area contributed by atoms with Crippen LogP contribution in [0.4, 0.5) is 9.59 Å². The van der Waals surface area contributed by atoms with Crippen molar-refractivity contribution >= 4 is 41.6 Å². The van der Waals surface area contributed by atoms with Crippen LogP contribution < -0.4 is 16.0 Å². The summed E-state index contributed by atoms with van der Waals surface area (Å²) in [4.78, 5) is 64.1. The molecule has 1 aromatic rings. The SMILES string of the molecule is CC1(C)S[C@@H]2[C@H](NC(=O)C(O)(NC(=O)N3CCNC3=O)c3ccccc3)C(=O)N2[C@H]1C(=O)O. The number of carboxylic acid groups (broad SMARTS) is 1. The molecule has 6 amide bonds. The minimum atomic E-state index is -2.59. The summed E-state index contributed by atoms with van der Waals surface area (Å²) < 4.78 is -0.793. The number of carboxylic acids is 1. The lowest BCUT2D eigenvalue weighted by atomic mass is 9.95. The van der Waals surface area contributed by atoms with E-state index in [9.17, 15) is 34.2 Å². The Morgan fingerprint density at radius 1 is 1.21 bits per heavy atom. The van der Waals surface area contributed by atoms with Crippen LogP contribution in [0.1, 0.15) is 19.4 Å². The fourth-order valence-corrected chi connectivity index (χ4v) is 5.84. The molecule has 5 N–H and O–H groups in total. The highest BCUT2D eigenvalue weighted by molar-refractivity contribution is 8.01. The topological polar surface area (TPSA) is 168 Å². The molecule has 0 radical (unpaired) electrons. The number of nitrogens with one attached hydrogen (secondary N) is 3. The summed E-state index contributed by atoms with van der Waals surface area (Å²) in [7, 11) is 0. The number of fused-ring (bicyclic) bond motifs is 1. The second-order valence-corrected chi connectivity index (χ2v) is 10.2. The predicted octanol–water partition coefficient (Wildman–Crippen LogP) is -0.802. The molecule has 4 rings (SSSR count). The summed E-state index contributed by atoms with van der Waals surface area (Å²) in [6.45, 7) is 3.68. The minimum absolute atomic E-state index is 0.0156. The Kier molecular flexibility index (Phi) is 5.48. The quantitative estimate of drug-likeness (QED) is 0.271. The van der Waals surface area contributed by atoms with Crippen molar-refractivity contribution in [3.8, 4) is 0 Å². The Balaban J connectivity index is 1.57. The van der Waals surface area contributed by atoms with Gasteiger partial charge in [0.15, 0.2) is 0 Å². The number of β-lactam (4-membered cyclic amide) rings is 1. The van der Waals surface area contributed by atoms with Gasteiger partial charge in [-0.3, -0.25) is 14.9 Å². The van der Waals surface area contributed by atoms with Crippen LogP contribution in [0.2, 0.25) is 0 Å². The molecule has 3 saturated heterocycles. The molecule has 3 aliphatic heterocycles. The monoisotopic (exact) mass is 477 g/mol. The molecule has 3 fully saturated rings. The Morgan fingerprint density at radius 2 is 1.88 bits per heavy atom. The van der Waals surface area contributed by atoms with Crippen molar-refractivity contribution in [1.29, 1.82) is 0 Å². The lowest BCUT2D eigenvalue weighted by molar-refractivity contribution is -0.163. The molecule has 12 nitrogen and oxygen atoms in total. The number of thioether (sulfide) groups is 1. The van der Waals surface area contributed by atoms with Crippen molar-refractivity contribution in [1.82, 2.24) is 25.8 Å². The zero-order valence-electron chi connectivity index (χ0n) is 17.8. The van der Waals surface area contributed by atoms with E-state index in [0.717, 1.165) is 4.90 Å². The van der Waals surface area contributed by atoms with Crippen LogP contribution in [0.5, 0.6) is 0 Å². The summed E-state index contributed by atoms with van der Waals surface area (Å²) >= 11 is 1.23. The predicted molar refractivity (Wildman–Crippen MR) is 115 cm³/mol. The van der Waals surface area contributed by atoms with E-state index in [4.69, 9.17) is 0 Å². The molecule has 0 bridgehead atoms. The van der Waals surface area contributed by atoms with Crippen LogP contribution in [0.15, 0.2) is 30.3 Å². The van der Waals surface area contributed by atoms with E-state index in [2.05, 4.69) is 16.0 Å². The first-order chi connectivity index (χ1) is 15.5. The van der Waals surface area contributed by atoms with Gasteiger partial charge < -0.3 is 25.7 Å². The third kappa shape index (κ3) is 3.66. The maximum absolute atomic E-state index is 13.2. The van der Waals surface area contributed by atoms with E-state index < -0.39 is 57.8 Å². The normalized spacial score (nSPS) is 27.2. The van der Waals surface area contributed by atoms with Gasteiger partial charge in [-0.2, -0.15) is 0 Å². The number of carbonyl (C=O) groups excluding carboxylic acids is 4. The number of hydrogen-bond acceptors (Lipinski definition) is 7. The third-order valence-corrected chi connectivity index (χ3v) is 7.44. The number of hydrogen-bond donors (Lipinski definition) is 5. The summed E-state index contributed by atoms with van der Waals surface area (Å²) in [5.41, 5.74) is -2.57. The van der Waals surface area contributed by atoms with E-state index in [0.29, 0.717) is 0 Å². The molecule has 1 aromatic carbocycles. The lowest BCUT2D eigenvalue weighted by Crippen LogP contribution is -2.72. The summed E-state index contributed by atoms with van der Waals surface area (Å²) in [5.74, 6) is -2.83. The number of nitrogens with zero attached hydrogens (tertiary/aromatic N) is 2. The van der Waals surface area contributed by atoms with Crippen LogP contribution in [0.3, 0.4) is 0 Å². The van der Waals surface area contributed by atoms with Gasteiger partial charge in [0.1, 0.15) is 17.5 Å². The first kappa shape index (κ1) is 22.9. The molecule has 0 spiro atoms. The van der Waals surface area contributed by atoms with Crippen molar-refractivity contribution in [3.05, 3.63) is 35.9 Å². The Bertz CT molecular complexity index is 1030. The average Bonchev–Trinajstić information content (AvgIpc) is 3.30. The zero-order valence-corrected chi connectivity index (χ0v) is 18.6. The van der Waals surface area contributed by atoms with E-state index in [-0.39, 0.29) is 18.7 Å². The maximum Gasteiger partial charge on any atom is 0.328 e. The van der Waals surface area contributed by atoms with Crippen molar-refractivity contribution in [2.45, 2.75) is 41.8 Å². The molecule has 3 aliphatic rings. The second-order valence-electron chi connectivity index (χ2n) is 8.44. The fraction of sp³-hybridized carbons (Fsp3) is 0.450. The number of rotatable bonds is 5. The van der Waals surface area contributed by atoms with Crippen molar-refractivity contribution in [3.63, 3.8) is 0 Å². The van der Waals surface area contributed by atoms with Crippen molar-refractivity contribution < 1.29 is 34.2 Å². The van der Waals surface area contributed by atoms with Crippen LogP contribution >= 0.6 is 11.8 Å². The summed E-state index contributed by atoms with van der Waals surface area (Å²) in [6, 6.07) is 3.75. The van der Waals surface area contributed by atoms with Gasteiger partial charge in [0, 0.05) is 23.4 Å². The van der Waals surface area contributed by atoms with Gasteiger partial charge >= 0.3 is 18.0 Å². The molecule has 33 heavy (non-hydrogen) atoms. The van der Waals surface area contributed by atoms with E-state index in [1.54, 1.807) is 32.0 Å². The van der Waals surface area contributed by atoms with Crippen LogP contribution in [0, 0.1) is 0 Å². The highest BCUT2D eigenvalue weighted by Gasteiger charge is 2.64. The average molecular weight is 477 g/mol. The van der Waals surface area contributed by atoms with Gasteiger partial charge in [-0.15, -0.1) is 11.8 Å². The Labute approximate surface area is 192 Å².